The third-order valence-electron chi connectivity index (χ3n) is 2.89. The number of benzene rings is 1. The third kappa shape index (κ3) is 3.03. The van der Waals surface area contributed by atoms with Crippen LogP contribution >= 0.6 is 0 Å². The molecular formula is C15H14FN5O. The maximum absolute atomic E-state index is 13.7. The Morgan fingerprint density at radius 3 is 2.95 bits per heavy atom. The zero-order chi connectivity index (χ0) is 15.4. The van der Waals surface area contributed by atoms with Crippen LogP contribution in [0.5, 0.6) is 5.88 Å². The summed E-state index contributed by atoms with van der Waals surface area (Å²) < 4.78 is 20.5. The van der Waals surface area contributed by atoms with E-state index in [-0.39, 0.29) is 5.82 Å². The van der Waals surface area contributed by atoms with E-state index in [4.69, 9.17) is 4.74 Å². The minimum absolute atomic E-state index is 0.335. The Morgan fingerprint density at radius 2 is 2.14 bits per heavy atom. The summed E-state index contributed by atoms with van der Waals surface area (Å²) in [6.45, 7) is 2.41. The van der Waals surface area contributed by atoms with E-state index in [1.807, 2.05) is 6.92 Å². The van der Waals surface area contributed by atoms with E-state index in [1.165, 1.54) is 17.1 Å². The van der Waals surface area contributed by atoms with E-state index in [0.29, 0.717) is 29.7 Å². The number of hydrogen-bond acceptors (Lipinski definition) is 5. The van der Waals surface area contributed by atoms with Gasteiger partial charge in [-0.1, -0.05) is 12.1 Å². The second kappa shape index (κ2) is 6.21. The van der Waals surface area contributed by atoms with E-state index in [1.54, 1.807) is 36.7 Å². The molecule has 6 nitrogen and oxygen atoms in total. The molecule has 0 saturated carbocycles. The molecule has 2 aromatic heterocycles. The molecule has 3 rings (SSSR count). The number of aromatic nitrogens is 4. The van der Waals surface area contributed by atoms with Crippen molar-refractivity contribution in [1.29, 1.82) is 0 Å². The topological polar surface area (TPSA) is 64.9 Å². The molecule has 22 heavy (non-hydrogen) atoms. The van der Waals surface area contributed by atoms with Crippen LogP contribution in [0.3, 0.4) is 0 Å². The lowest BCUT2D eigenvalue weighted by Crippen LogP contribution is -1.98. The van der Waals surface area contributed by atoms with Gasteiger partial charge in [-0.25, -0.2) is 19.0 Å². The van der Waals surface area contributed by atoms with Crippen LogP contribution < -0.4 is 10.1 Å². The van der Waals surface area contributed by atoms with E-state index in [9.17, 15) is 4.39 Å². The molecule has 0 spiro atoms. The van der Waals surface area contributed by atoms with Crippen molar-refractivity contribution in [1.82, 2.24) is 19.7 Å². The zero-order valence-corrected chi connectivity index (χ0v) is 11.9. The molecular weight excluding hydrogens is 285 g/mol. The van der Waals surface area contributed by atoms with Crippen molar-refractivity contribution < 1.29 is 9.13 Å². The van der Waals surface area contributed by atoms with Crippen LogP contribution in [0.4, 0.5) is 15.9 Å². The van der Waals surface area contributed by atoms with Crippen molar-refractivity contribution in [3.63, 3.8) is 0 Å². The molecule has 0 fully saturated rings. The second-order valence-corrected chi connectivity index (χ2v) is 4.42. The summed E-state index contributed by atoms with van der Waals surface area (Å²) in [5.41, 5.74) is 1.07. The van der Waals surface area contributed by atoms with Gasteiger partial charge in [-0.2, -0.15) is 5.10 Å². The van der Waals surface area contributed by atoms with Crippen molar-refractivity contribution in [2.75, 3.05) is 11.9 Å². The lowest BCUT2D eigenvalue weighted by atomic mass is 10.3. The Bertz CT molecular complexity index is 774. The van der Waals surface area contributed by atoms with Crippen LogP contribution in [0.2, 0.25) is 0 Å². The monoisotopic (exact) mass is 299 g/mol. The Kier molecular flexibility index (Phi) is 3.95. The summed E-state index contributed by atoms with van der Waals surface area (Å²) in [4.78, 5) is 8.09. The van der Waals surface area contributed by atoms with Gasteiger partial charge in [-0.05, 0) is 19.1 Å². The Labute approximate surface area is 126 Å². The van der Waals surface area contributed by atoms with Crippen molar-refractivity contribution in [3.8, 4) is 11.6 Å². The van der Waals surface area contributed by atoms with Gasteiger partial charge in [-0.3, -0.25) is 0 Å². The predicted molar refractivity (Wildman–Crippen MR) is 80.0 cm³/mol. The van der Waals surface area contributed by atoms with Crippen LogP contribution in [-0.2, 0) is 0 Å². The van der Waals surface area contributed by atoms with Crippen LogP contribution in [0, 0.1) is 5.82 Å². The molecule has 0 unspecified atom stereocenters. The molecule has 0 bridgehead atoms. The first-order valence-electron chi connectivity index (χ1n) is 6.77. The van der Waals surface area contributed by atoms with E-state index >= 15 is 0 Å². The number of anilines is 2. The normalized spacial score (nSPS) is 10.5. The number of nitrogens with one attached hydrogen (secondary N) is 1. The van der Waals surface area contributed by atoms with Crippen LogP contribution in [0.1, 0.15) is 6.92 Å². The molecule has 112 valence electrons. The highest BCUT2D eigenvalue weighted by Crippen LogP contribution is 2.19. The lowest BCUT2D eigenvalue weighted by molar-refractivity contribution is 0.326. The molecule has 0 amide bonds. The van der Waals surface area contributed by atoms with Crippen molar-refractivity contribution >= 4 is 11.5 Å². The summed E-state index contributed by atoms with van der Waals surface area (Å²) >= 11 is 0. The quantitative estimate of drug-likeness (QED) is 0.784. The Hall–Kier alpha value is -2.96. The number of para-hydroxylation sites is 1. The SMILES string of the molecule is CCOc1cc(Nc2cnn(-c3ccccc3F)c2)ncn1. The molecule has 0 saturated heterocycles. The molecule has 0 atom stereocenters. The van der Waals surface area contributed by atoms with Crippen molar-refractivity contribution in [2.24, 2.45) is 0 Å². The molecule has 0 radical (unpaired) electrons. The van der Waals surface area contributed by atoms with Gasteiger partial charge in [0.25, 0.3) is 0 Å². The standard InChI is InChI=1S/C15H14FN5O/c1-2-22-15-7-14(17-10-18-15)20-11-8-19-21(9-11)13-6-4-3-5-12(13)16/h3-10H,2H2,1H3,(H,17,18,20). The van der Waals surface area contributed by atoms with Gasteiger partial charge in [0.05, 0.1) is 24.7 Å². The minimum Gasteiger partial charge on any atom is -0.478 e. The Balaban J connectivity index is 1.80. The zero-order valence-electron chi connectivity index (χ0n) is 11.9. The van der Waals surface area contributed by atoms with E-state index < -0.39 is 0 Å². The highest BCUT2D eigenvalue weighted by atomic mass is 19.1. The van der Waals surface area contributed by atoms with E-state index in [2.05, 4.69) is 20.4 Å². The highest BCUT2D eigenvalue weighted by molar-refractivity contribution is 5.55. The fourth-order valence-electron chi connectivity index (χ4n) is 1.94. The number of ether oxygens (including phenoxy) is 1. The smallest absolute Gasteiger partial charge is 0.218 e. The molecule has 0 aliphatic rings. The molecule has 1 N–H and O–H groups in total. The first-order chi connectivity index (χ1) is 10.8. The maximum Gasteiger partial charge on any atom is 0.218 e. The first-order valence-corrected chi connectivity index (χ1v) is 6.77. The molecule has 3 aromatic rings. The number of nitrogens with zero attached hydrogens (tertiary/aromatic N) is 4. The summed E-state index contributed by atoms with van der Waals surface area (Å²) in [6, 6.07) is 8.13. The third-order valence-corrected chi connectivity index (χ3v) is 2.89. The second-order valence-electron chi connectivity index (χ2n) is 4.42. The van der Waals surface area contributed by atoms with Gasteiger partial charge in [0.1, 0.15) is 23.6 Å². The number of rotatable bonds is 5. The van der Waals surface area contributed by atoms with Crippen molar-refractivity contribution in [3.05, 3.63) is 54.9 Å². The predicted octanol–water partition coefficient (Wildman–Crippen LogP) is 2.94. The summed E-state index contributed by atoms with van der Waals surface area (Å²) in [7, 11) is 0. The van der Waals surface area contributed by atoms with Gasteiger partial charge in [0.2, 0.25) is 5.88 Å². The number of halogens is 1. The maximum atomic E-state index is 13.7. The van der Waals surface area contributed by atoms with Gasteiger partial charge in [0.15, 0.2) is 0 Å². The average molecular weight is 299 g/mol. The molecule has 0 aliphatic carbocycles. The molecule has 0 aliphatic heterocycles. The van der Waals surface area contributed by atoms with Gasteiger partial charge >= 0.3 is 0 Å². The molecule has 1 aromatic carbocycles. The average Bonchev–Trinajstić information content (AvgIpc) is 2.97. The summed E-state index contributed by atoms with van der Waals surface area (Å²) in [6.07, 6.45) is 4.68. The highest BCUT2D eigenvalue weighted by Gasteiger charge is 2.06. The number of hydrogen-bond donors (Lipinski definition) is 1. The fourth-order valence-corrected chi connectivity index (χ4v) is 1.94. The lowest BCUT2D eigenvalue weighted by Gasteiger charge is -2.05. The minimum atomic E-state index is -0.335. The van der Waals surface area contributed by atoms with Crippen LogP contribution in [0.25, 0.3) is 5.69 Å². The van der Waals surface area contributed by atoms with E-state index in [0.717, 1.165) is 0 Å². The molecule has 7 heteroatoms. The Morgan fingerprint density at radius 1 is 1.27 bits per heavy atom. The van der Waals surface area contributed by atoms with Gasteiger partial charge < -0.3 is 10.1 Å². The fraction of sp³-hybridized carbons (Fsp3) is 0.133. The summed E-state index contributed by atoms with van der Waals surface area (Å²) in [5, 5.41) is 7.22. The van der Waals surface area contributed by atoms with Gasteiger partial charge in [-0.15, -0.1) is 0 Å². The van der Waals surface area contributed by atoms with Gasteiger partial charge in [0, 0.05) is 6.07 Å². The summed E-state index contributed by atoms with van der Waals surface area (Å²) in [5.74, 6) is 0.728. The van der Waals surface area contributed by atoms with Crippen molar-refractivity contribution in [2.45, 2.75) is 6.92 Å². The first kappa shape index (κ1) is 14.0. The van der Waals surface area contributed by atoms with Crippen LogP contribution in [0.15, 0.2) is 49.1 Å². The molecule has 2 heterocycles. The van der Waals surface area contributed by atoms with Crippen LogP contribution in [-0.4, -0.2) is 26.4 Å². The largest absolute Gasteiger partial charge is 0.478 e.